The lowest BCUT2D eigenvalue weighted by Gasteiger charge is -2.29. The van der Waals surface area contributed by atoms with E-state index in [4.69, 9.17) is 17.3 Å². The van der Waals surface area contributed by atoms with Gasteiger partial charge in [-0.15, -0.1) is 0 Å². The van der Waals surface area contributed by atoms with E-state index in [1.807, 2.05) is 19.1 Å². The van der Waals surface area contributed by atoms with Gasteiger partial charge in [0, 0.05) is 29.8 Å². The maximum absolute atomic E-state index is 12.0. The van der Waals surface area contributed by atoms with Crippen LogP contribution in [0.15, 0.2) is 18.2 Å². The van der Waals surface area contributed by atoms with Gasteiger partial charge in [0.25, 0.3) is 0 Å². The molecule has 19 heavy (non-hydrogen) atoms. The molecular weight excluding hydrogens is 262 g/mol. The molecule has 1 fully saturated rings. The quantitative estimate of drug-likeness (QED) is 0.891. The molecule has 5 heteroatoms. The van der Waals surface area contributed by atoms with E-state index in [-0.39, 0.29) is 11.9 Å². The summed E-state index contributed by atoms with van der Waals surface area (Å²) in [5, 5.41) is 3.54. The maximum atomic E-state index is 12.0. The minimum absolute atomic E-state index is 0.000776. The second kappa shape index (κ2) is 6.37. The third-order valence-corrected chi connectivity index (χ3v) is 3.71. The fourth-order valence-electron chi connectivity index (χ4n) is 2.23. The van der Waals surface area contributed by atoms with Gasteiger partial charge in [-0.2, -0.15) is 0 Å². The number of halogens is 1. The van der Waals surface area contributed by atoms with E-state index in [0.717, 1.165) is 37.2 Å². The van der Waals surface area contributed by atoms with E-state index in [9.17, 15) is 4.79 Å². The van der Waals surface area contributed by atoms with Crippen molar-refractivity contribution < 1.29 is 4.79 Å². The van der Waals surface area contributed by atoms with Crippen molar-refractivity contribution in [1.82, 2.24) is 4.90 Å². The number of amides is 1. The third kappa shape index (κ3) is 4.20. The zero-order valence-corrected chi connectivity index (χ0v) is 11.9. The Kier molecular flexibility index (Phi) is 4.80. The van der Waals surface area contributed by atoms with Crippen molar-refractivity contribution in [3.63, 3.8) is 0 Å². The van der Waals surface area contributed by atoms with Crippen molar-refractivity contribution in [3.05, 3.63) is 28.8 Å². The monoisotopic (exact) mass is 281 g/mol. The van der Waals surface area contributed by atoms with E-state index in [0.29, 0.717) is 11.6 Å². The molecule has 0 radical (unpaired) electrons. The Balaban J connectivity index is 1.89. The van der Waals surface area contributed by atoms with Crippen LogP contribution in [0, 0.1) is 6.92 Å². The van der Waals surface area contributed by atoms with Crippen LogP contribution in [-0.4, -0.2) is 36.5 Å². The van der Waals surface area contributed by atoms with Crippen molar-refractivity contribution in [2.75, 3.05) is 25.0 Å². The van der Waals surface area contributed by atoms with E-state index in [2.05, 4.69) is 10.2 Å². The molecule has 1 heterocycles. The van der Waals surface area contributed by atoms with Crippen LogP contribution in [0.1, 0.15) is 18.4 Å². The second-order valence-electron chi connectivity index (χ2n) is 5.12. The van der Waals surface area contributed by atoms with E-state index in [1.54, 1.807) is 6.07 Å². The van der Waals surface area contributed by atoms with Gasteiger partial charge in [-0.25, -0.2) is 0 Å². The van der Waals surface area contributed by atoms with Crippen molar-refractivity contribution in [3.8, 4) is 0 Å². The number of hydrogen-bond donors (Lipinski definition) is 2. The first kappa shape index (κ1) is 14.3. The predicted octanol–water partition coefficient (Wildman–Crippen LogP) is 2.01. The fourth-order valence-corrected chi connectivity index (χ4v) is 2.40. The molecule has 1 aliphatic rings. The molecule has 1 amide bonds. The highest BCUT2D eigenvalue weighted by Gasteiger charge is 2.18. The number of nitrogens with two attached hydrogens (primary N) is 1. The molecule has 0 aliphatic carbocycles. The highest BCUT2D eigenvalue weighted by molar-refractivity contribution is 6.31. The summed E-state index contributed by atoms with van der Waals surface area (Å²) in [6, 6.07) is 5.78. The largest absolute Gasteiger partial charge is 0.328 e. The van der Waals surface area contributed by atoms with Crippen LogP contribution in [0.25, 0.3) is 0 Å². The molecule has 2 rings (SSSR count). The summed E-state index contributed by atoms with van der Waals surface area (Å²) in [6.07, 6.45) is 1.92. The molecule has 104 valence electrons. The molecule has 0 bridgehead atoms. The maximum Gasteiger partial charge on any atom is 0.238 e. The number of anilines is 1. The first-order chi connectivity index (χ1) is 9.04. The van der Waals surface area contributed by atoms with Crippen LogP contribution in [-0.2, 0) is 4.79 Å². The number of carbonyl (C=O) groups is 1. The lowest BCUT2D eigenvalue weighted by atomic mass is 10.1. The molecule has 1 aliphatic heterocycles. The summed E-state index contributed by atoms with van der Waals surface area (Å²) in [5.74, 6) is 0.000776. The van der Waals surface area contributed by atoms with Gasteiger partial charge in [-0.1, -0.05) is 17.7 Å². The van der Waals surface area contributed by atoms with E-state index >= 15 is 0 Å². The fraction of sp³-hybridized carbons (Fsp3) is 0.500. The summed E-state index contributed by atoms with van der Waals surface area (Å²) in [7, 11) is 0. The van der Waals surface area contributed by atoms with Gasteiger partial charge in [0.15, 0.2) is 0 Å². The van der Waals surface area contributed by atoms with Crippen molar-refractivity contribution in [2.45, 2.75) is 25.8 Å². The van der Waals surface area contributed by atoms with Crippen molar-refractivity contribution in [1.29, 1.82) is 0 Å². The normalized spacial score (nSPS) is 17.4. The Morgan fingerprint density at radius 3 is 2.84 bits per heavy atom. The summed E-state index contributed by atoms with van der Waals surface area (Å²) >= 11 is 5.93. The smallest absolute Gasteiger partial charge is 0.238 e. The zero-order valence-electron chi connectivity index (χ0n) is 11.2. The Hall–Kier alpha value is -1.10. The molecule has 0 spiro atoms. The topological polar surface area (TPSA) is 58.4 Å². The van der Waals surface area contributed by atoms with Gasteiger partial charge in [0.2, 0.25) is 5.91 Å². The number of nitrogens with one attached hydrogen (secondary N) is 1. The van der Waals surface area contributed by atoms with Crippen LogP contribution in [0.2, 0.25) is 5.02 Å². The number of piperidine rings is 1. The number of carbonyl (C=O) groups excluding carboxylic acids is 1. The van der Waals surface area contributed by atoms with E-state index < -0.39 is 0 Å². The lowest BCUT2D eigenvalue weighted by Crippen LogP contribution is -2.43. The number of likely N-dealkylation sites (tertiary alicyclic amines) is 1. The van der Waals surface area contributed by atoms with Crippen LogP contribution in [0.5, 0.6) is 0 Å². The van der Waals surface area contributed by atoms with Gasteiger partial charge >= 0.3 is 0 Å². The first-order valence-electron chi connectivity index (χ1n) is 6.58. The zero-order chi connectivity index (χ0) is 13.8. The predicted molar refractivity (Wildman–Crippen MR) is 78.5 cm³/mol. The van der Waals surface area contributed by atoms with Crippen molar-refractivity contribution in [2.24, 2.45) is 5.73 Å². The van der Waals surface area contributed by atoms with Crippen molar-refractivity contribution >= 4 is 23.2 Å². The standard InChI is InChI=1S/C14H20ClN3O/c1-10-2-3-11(15)8-13(10)17-14(19)9-18-6-4-12(16)5-7-18/h2-3,8,12H,4-7,9,16H2,1H3,(H,17,19). The van der Waals surface area contributed by atoms with Gasteiger partial charge in [-0.3, -0.25) is 9.69 Å². The molecule has 1 saturated heterocycles. The average molecular weight is 282 g/mol. The Morgan fingerprint density at radius 2 is 2.16 bits per heavy atom. The highest BCUT2D eigenvalue weighted by Crippen LogP contribution is 2.20. The van der Waals surface area contributed by atoms with E-state index in [1.165, 1.54) is 0 Å². The number of hydrogen-bond acceptors (Lipinski definition) is 3. The summed E-state index contributed by atoms with van der Waals surface area (Å²) in [5.41, 5.74) is 7.64. The third-order valence-electron chi connectivity index (χ3n) is 3.47. The molecule has 1 aromatic rings. The highest BCUT2D eigenvalue weighted by atomic mass is 35.5. The lowest BCUT2D eigenvalue weighted by molar-refractivity contribution is -0.117. The SMILES string of the molecule is Cc1ccc(Cl)cc1NC(=O)CN1CCC(N)CC1. The second-order valence-corrected chi connectivity index (χ2v) is 5.56. The number of rotatable bonds is 3. The van der Waals surface area contributed by atoms with Gasteiger partial charge in [0.05, 0.1) is 6.54 Å². The molecule has 3 N–H and O–H groups in total. The Bertz CT molecular complexity index is 456. The molecule has 4 nitrogen and oxygen atoms in total. The Morgan fingerprint density at radius 1 is 1.47 bits per heavy atom. The van der Waals surface area contributed by atoms with Crippen LogP contribution in [0.4, 0.5) is 5.69 Å². The molecule has 0 saturated carbocycles. The molecule has 0 atom stereocenters. The minimum atomic E-state index is 0.000776. The van der Waals surface area contributed by atoms with Gasteiger partial charge in [-0.05, 0) is 37.5 Å². The summed E-state index contributed by atoms with van der Waals surface area (Å²) in [6.45, 7) is 4.15. The molecule has 0 unspecified atom stereocenters. The molecular formula is C14H20ClN3O. The van der Waals surface area contributed by atoms with Crippen LogP contribution in [0.3, 0.4) is 0 Å². The average Bonchev–Trinajstić information content (AvgIpc) is 2.37. The summed E-state index contributed by atoms with van der Waals surface area (Å²) < 4.78 is 0. The number of benzene rings is 1. The Labute approximate surface area is 118 Å². The number of nitrogens with zero attached hydrogens (tertiary/aromatic N) is 1. The van der Waals surface area contributed by atoms with Crippen LogP contribution < -0.4 is 11.1 Å². The first-order valence-corrected chi connectivity index (χ1v) is 6.96. The minimum Gasteiger partial charge on any atom is -0.328 e. The van der Waals surface area contributed by atoms with Gasteiger partial charge < -0.3 is 11.1 Å². The summed E-state index contributed by atoms with van der Waals surface area (Å²) in [4.78, 5) is 14.1. The van der Waals surface area contributed by atoms with Gasteiger partial charge in [0.1, 0.15) is 0 Å². The number of aryl methyl sites for hydroxylation is 1. The van der Waals surface area contributed by atoms with Crippen LogP contribution >= 0.6 is 11.6 Å². The molecule has 0 aromatic heterocycles. The molecule has 1 aromatic carbocycles.